The number of rotatable bonds is 8. The molecule has 1 aromatic heterocycles. The largest absolute Gasteiger partial charge is 0.338 e. The van der Waals surface area contributed by atoms with Crippen LogP contribution in [0.2, 0.25) is 0 Å². The molecule has 0 bridgehead atoms. The molecule has 0 radical (unpaired) electrons. The third kappa shape index (κ3) is 5.16. The highest BCUT2D eigenvalue weighted by Crippen LogP contribution is 2.22. The zero-order valence-corrected chi connectivity index (χ0v) is 16.4. The normalized spacial score (nSPS) is 23.0. The fourth-order valence-corrected chi connectivity index (χ4v) is 4.13. The van der Waals surface area contributed by atoms with E-state index in [1.165, 1.54) is 4.31 Å². The number of piperidine rings is 1. The van der Waals surface area contributed by atoms with Gasteiger partial charge in [0.2, 0.25) is 5.89 Å². The molecule has 0 aromatic carbocycles. The Morgan fingerprint density at radius 1 is 1.46 bits per heavy atom. The molecule has 0 spiro atoms. The Hall–Kier alpha value is -0.680. The minimum atomic E-state index is -3.40. The van der Waals surface area contributed by atoms with Gasteiger partial charge in [-0.2, -0.15) is 34.2 Å². The van der Waals surface area contributed by atoms with Crippen molar-refractivity contribution in [1.82, 2.24) is 24.1 Å². The summed E-state index contributed by atoms with van der Waals surface area (Å²) in [4.78, 5) is 6.64. The van der Waals surface area contributed by atoms with Crippen LogP contribution in [0.1, 0.15) is 31.5 Å². The van der Waals surface area contributed by atoms with Crippen LogP contribution in [-0.2, 0) is 22.5 Å². The number of nitrogens with one attached hydrogen (secondary N) is 1. The monoisotopic (exact) mass is 377 g/mol. The SMILES string of the molecule is CC[C@@H]1CN(Cc2nc(CSC)no2)CC[C@@H]1NS(=O)(=O)N(C)C. The topological polar surface area (TPSA) is 91.6 Å². The first kappa shape index (κ1) is 19.6. The maximum absolute atomic E-state index is 12.1. The summed E-state index contributed by atoms with van der Waals surface area (Å²) in [6.45, 7) is 4.33. The molecule has 0 saturated carbocycles. The first-order valence-electron chi connectivity index (χ1n) is 8.08. The molecule has 8 nitrogen and oxygen atoms in total. The molecule has 1 aliphatic heterocycles. The van der Waals surface area contributed by atoms with Gasteiger partial charge in [0, 0.05) is 33.2 Å². The van der Waals surface area contributed by atoms with E-state index in [0.29, 0.717) is 12.4 Å². The van der Waals surface area contributed by atoms with Crippen molar-refractivity contribution in [3.8, 4) is 0 Å². The van der Waals surface area contributed by atoms with Gasteiger partial charge in [-0.3, -0.25) is 4.90 Å². The summed E-state index contributed by atoms with van der Waals surface area (Å²) in [6.07, 6.45) is 3.69. The molecular weight excluding hydrogens is 350 g/mol. The number of likely N-dealkylation sites (tertiary alicyclic amines) is 1. The summed E-state index contributed by atoms with van der Waals surface area (Å²) >= 11 is 1.66. The average molecular weight is 378 g/mol. The molecule has 1 saturated heterocycles. The predicted molar refractivity (Wildman–Crippen MR) is 94.7 cm³/mol. The van der Waals surface area contributed by atoms with E-state index in [1.807, 2.05) is 6.26 Å². The van der Waals surface area contributed by atoms with Crippen LogP contribution in [0, 0.1) is 5.92 Å². The Kier molecular flexibility index (Phi) is 7.05. The first-order chi connectivity index (χ1) is 11.4. The number of hydrogen-bond acceptors (Lipinski definition) is 7. The van der Waals surface area contributed by atoms with Gasteiger partial charge in [-0.1, -0.05) is 18.5 Å². The van der Waals surface area contributed by atoms with E-state index in [-0.39, 0.29) is 12.0 Å². The van der Waals surface area contributed by atoms with Gasteiger partial charge in [0.1, 0.15) is 0 Å². The minimum Gasteiger partial charge on any atom is -0.338 e. The number of nitrogens with zero attached hydrogens (tertiary/aromatic N) is 4. The van der Waals surface area contributed by atoms with Gasteiger partial charge in [-0.05, 0) is 18.6 Å². The van der Waals surface area contributed by atoms with E-state index in [4.69, 9.17) is 4.52 Å². The van der Waals surface area contributed by atoms with E-state index in [2.05, 4.69) is 26.7 Å². The zero-order valence-electron chi connectivity index (χ0n) is 14.7. The summed E-state index contributed by atoms with van der Waals surface area (Å²) in [5, 5.41) is 3.96. The summed E-state index contributed by atoms with van der Waals surface area (Å²) in [5.74, 6) is 2.36. The van der Waals surface area contributed by atoms with Gasteiger partial charge in [0.15, 0.2) is 5.82 Å². The first-order valence-corrected chi connectivity index (χ1v) is 10.9. The van der Waals surface area contributed by atoms with Crippen LogP contribution in [-0.4, -0.2) is 67.2 Å². The minimum absolute atomic E-state index is 0.0339. The number of aromatic nitrogens is 2. The molecule has 2 atom stereocenters. The molecule has 2 heterocycles. The van der Waals surface area contributed by atoms with Gasteiger partial charge < -0.3 is 4.52 Å². The van der Waals surface area contributed by atoms with Crippen LogP contribution >= 0.6 is 11.8 Å². The predicted octanol–water partition coefficient (Wildman–Crippen LogP) is 0.929. The summed E-state index contributed by atoms with van der Waals surface area (Å²) in [7, 11) is -0.315. The van der Waals surface area contributed by atoms with Crippen molar-refractivity contribution in [3.05, 3.63) is 11.7 Å². The molecule has 1 aromatic rings. The van der Waals surface area contributed by atoms with Crippen LogP contribution in [0.25, 0.3) is 0 Å². The highest BCUT2D eigenvalue weighted by Gasteiger charge is 2.32. The molecule has 10 heteroatoms. The molecule has 0 aliphatic carbocycles. The maximum Gasteiger partial charge on any atom is 0.279 e. The maximum atomic E-state index is 12.1. The van der Waals surface area contributed by atoms with Crippen LogP contribution < -0.4 is 4.72 Å². The van der Waals surface area contributed by atoms with Gasteiger partial charge in [-0.25, -0.2) is 0 Å². The second-order valence-corrected chi connectivity index (χ2v) is 9.02. The summed E-state index contributed by atoms with van der Waals surface area (Å²) in [5.41, 5.74) is 0. The van der Waals surface area contributed by atoms with E-state index < -0.39 is 10.2 Å². The van der Waals surface area contributed by atoms with Crippen molar-refractivity contribution in [2.45, 2.75) is 38.1 Å². The smallest absolute Gasteiger partial charge is 0.279 e. The van der Waals surface area contributed by atoms with Crippen LogP contribution in [0.15, 0.2) is 4.52 Å². The Bertz CT molecular complexity index is 620. The lowest BCUT2D eigenvalue weighted by Crippen LogP contribution is -2.52. The van der Waals surface area contributed by atoms with Crippen LogP contribution in [0.5, 0.6) is 0 Å². The van der Waals surface area contributed by atoms with Crippen molar-refractivity contribution in [2.75, 3.05) is 33.4 Å². The molecule has 1 fully saturated rings. The van der Waals surface area contributed by atoms with Gasteiger partial charge in [0.25, 0.3) is 10.2 Å². The number of thioether (sulfide) groups is 1. The fourth-order valence-electron chi connectivity index (χ4n) is 2.85. The van der Waals surface area contributed by atoms with Crippen LogP contribution in [0.4, 0.5) is 0 Å². The summed E-state index contributed by atoms with van der Waals surface area (Å²) < 4.78 is 33.5. The Morgan fingerprint density at radius 3 is 2.83 bits per heavy atom. The molecule has 0 unspecified atom stereocenters. The Morgan fingerprint density at radius 2 is 2.21 bits per heavy atom. The van der Waals surface area contributed by atoms with Gasteiger partial charge >= 0.3 is 0 Å². The third-order valence-corrected chi connectivity index (χ3v) is 6.37. The van der Waals surface area contributed by atoms with E-state index in [0.717, 1.165) is 37.5 Å². The molecule has 1 aliphatic rings. The standard InChI is InChI=1S/C14H27N5O3S2/c1-5-11-8-19(9-14-15-13(10-23-4)16-22-14)7-6-12(11)17-24(20,21)18(2)3/h11-12,17H,5-10H2,1-4H3/t11-,12+/m1/s1. The fraction of sp³-hybridized carbons (Fsp3) is 0.857. The van der Waals surface area contributed by atoms with Crippen LogP contribution in [0.3, 0.4) is 0 Å². The molecule has 138 valence electrons. The quantitative estimate of drug-likeness (QED) is 0.720. The number of hydrogen-bond donors (Lipinski definition) is 1. The molecule has 2 rings (SSSR count). The molecular formula is C14H27N5O3S2. The van der Waals surface area contributed by atoms with E-state index in [1.54, 1.807) is 25.9 Å². The lowest BCUT2D eigenvalue weighted by Gasteiger charge is -2.38. The lowest BCUT2D eigenvalue weighted by atomic mass is 9.91. The van der Waals surface area contributed by atoms with Crippen molar-refractivity contribution in [2.24, 2.45) is 5.92 Å². The summed E-state index contributed by atoms with van der Waals surface area (Å²) in [6, 6.07) is -0.0339. The Labute approximate surface area is 148 Å². The highest BCUT2D eigenvalue weighted by atomic mass is 32.2. The van der Waals surface area contributed by atoms with Crippen molar-refractivity contribution < 1.29 is 12.9 Å². The average Bonchev–Trinajstić information content (AvgIpc) is 2.96. The second-order valence-electron chi connectivity index (χ2n) is 6.24. The lowest BCUT2D eigenvalue weighted by molar-refractivity contribution is 0.125. The van der Waals surface area contributed by atoms with E-state index in [9.17, 15) is 8.42 Å². The zero-order chi connectivity index (χ0) is 17.7. The molecule has 24 heavy (non-hydrogen) atoms. The second kappa shape index (κ2) is 8.61. The molecule has 1 N–H and O–H groups in total. The third-order valence-electron chi connectivity index (χ3n) is 4.27. The van der Waals surface area contributed by atoms with Crippen molar-refractivity contribution >= 4 is 22.0 Å². The van der Waals surface area contributed by atoms with Gasteiger partial charge in [0.05, 0.1) is 12.3 Å². The Balaban J connectivity index is 1.94. The van der Waals surface area contributed by atoms with Crippen molar-refractivity contribution in [1.29, 1.82) is 0 Å². The van der Waals surface area contributed by atoms with Crippen molar-refractivity contribution in [3.63, 3.8) is 0 Å². The highest BCUT2D eigenvalue weighted by molar-refractivity contribution is 7.97. The van der Waals surface area contributed by atoms with Gasteiger partial charge in [-0.15, -0.1) is 0 Å². The van der Waals surface area contributed by atoms with E-state index >= 15 is 0 Å². The molecule has 0 amide bonds.